The molecule has 86 valence electrons. The van der Waals surface area contributed by atoms with Gasteiger partial charge in [-0.15, -0.1) is 0 Å². The molecule has 0 aliphatic carbocycles. The van der Waals surface area contributed by atoms with Crippen LogP contribution in [-0.2, 0) is 14.3 Å². The Bertz CT molecular complexity index is 226. The number of ether oxygens (including phenoxy) is 2. The Labute approximate surface area is 90.5 Å². The van der Waals surface area contributed by atoms with Crippen LogP contribution < -0.4 is 0 Å². The second kappa shape index (κ2) is 4.60. The summed E-state index contributed by atoms with van der Waals surface area (Å²) in [6.07, 6.45) is 2.23. The molecule has 0 bridgehead atoms. The lowest BCUT2D eigenvalue weighted by Crippen LogP contribution is -2.47. The Kier molecular flexibility index (Phi) is 3.38. The van der Waals surface area contributed by atoms with Crippen LogP contribution in [0.4, 0.5) is 0 Å². The van der Waals surface area contributed by atoms with E-state index in [0.29, 0.717) is 6.61 Å². The van der Waals surface area contributed by atoms with E-state index in [0.717, 1.165) is 45.6 Å². The number of hydrogen-bond donors (Lipinski definition) is 0. The minimum absolute atomic E-state index is 0.253. The summed E-state index contributed by atoms with van der Waals surface area (Å²) in [5.41, 5.74) is -0.253. The van der Waals surface area contributed by atoms with Crippen LogP contribution in [0.1, 0.15) is 13.3 Å². The topological polar surface area (TPSA) is 38.8 Å². The molecule has 0 radical (unpaired) electrons. The number of morpholine rings is 1. The number of hydrogen-bond acceptors (Lipinski definition) is 4. The number of aldehydes is 1. The summed E-state index contributed by atoms with van der Waals surface area (Å²) in [5.74, 6) is 0. The van der Waals surface area contributed by atoms with Crippen molar-refractivity contribution in [3.8, 4) is 0 Å². The molecule has 0 amide bonds. The van der Waals surface area contributed by atoms with Crippen molar-refractivity contribution >= 4 is 6.29 Å². The van der Waals surface area contributed by atoms with E-state index in [1.54, 1.807) is 0 Å². The minimum atomic E-state index is -0.253. The van der Waals surface area contributed by atoms with E-state index in [1.807, 2.05) is 0 Å². The molecule has 0 aromatic carbocycles. The highest BCUT2D eigenvalue weighted by atomic mass is 16.5. The molecule has 0 aromatic heterocycles. The van der Waals surface area contributed by atoms with Gasteiger partial charge in [0.1, 0.15) is 6.29 Å². The lowest BCUT2D eigenvalue weighted by atomic mass is 9.88. The van der Waals surface area contributed by atoms with Crippen molar-refractivity contribution < 1.29 is 14.3 Å². The van der Waals surface area contributed by atoms with E-state index in [1.165, 1.54) is 0 Å². The Morgan fingerprint density at radius 2 is 2.40 bits per heavy atom. The van der Waals surface area contributed by atoms with Gasteiger partial charge in [0.05, 0.1) is 24.7 Å². The summed E-state index contributed by atoms with van der Waals surface area (Å²) >= 11 is 0. The van der Waals surface area contributed by atoms with Crippen LogP contribution in [0.15, 0.2) is 0 Å². The molecule has 2 fully saturated rings. The number of carbonyl (C=O) groups excluding carboxylic acids is 1. The third-order valence-electron chi connectivity index (χ3n) is 3.25. The van der Waals surface area contributed by atoms with Gasteiger partial charge in [-0.1, -0.05) is 0 Å². The maximum absolute atomic E-state index is 11.1. The molecule has 0 spiro atoms. The van der Waals surface area contributed by atoms with E-state index in [9.17, 15) is 4.79 Å². The summed E-state index contributed by atoms with van der Waals surface area (Å²) < 4.78 is 10.8. The fourth-order valence-electron chi connectivity index (χ4n) is 2.36. The van der Waals surface area contributed by atoms with Crippen molar-refractivity contribution in [1.29, 1.82) is 0 Å². The Balaban J connectivity index is 1.91. The Hall–Kier alpha value is -0.450. The van der Waals surface area contributed by atoms with Crippen molar-refractivity contribution in [2.24, 2.45) is 5.41 Å². The fourth-order valence-corrected chi connectivity index (χ4v) is 2.36. The van der Waals surface area contributed by atoms with Gasteiger partial charge in [0.25, 0.3) is 0 Å². The van der Waals surface area contributed by atoms with Crippen molar-refractivity contribution in [1.82, 2.24) is 4.90 Å². The van der Waals surface area contributed by atoms with Gasteiger partial charge in [-0.3, -0.25) is 4.90 Å². The van der Waals surface area contributed by atoms with Crippen LogP contribution in [0, 0.1) is 5.41 Å². The zero-order valence-corrected chi connectivity index (χ0v) is 9.28. The zero-order valence-electron chi connectivity index (χ0n) is 9.28. The summed E-state index contributed by atoms with van der Waals surface area (Å²) in [5, 5.41) is 0. The summed E-state index contributed by atoms with van der Waals surface area (Å²) in [7, 11) is 0. The van der Waals surface area contributed by atoms with E-state index in [2.05, 4.69) is 11.8 Å². The van der Waals surface area contributed by atoms with Crippen LogP contribution in [0.25, 0.3) is 0 Å². The van der Waals surface area contributed by atoms with Crippen molar-refractivity contribution in [2.45, 2.75) is 19.4 Å². The van der Waals surface area contributed by atoms with Gasteiger partial charge in [-0.25, -0.2) is 0 Å². The fraction of sp³-hybridized carbons (Fsp3) is 0.909. The zero-order chi connectivity index (χ0) is 10.7. The largest absolute Gasteiger partial charge is 0.380 e. The molecule has 2 unspecified atom stereocenters. The predicted molar refractivity (Wildman–Crippen MR) is 55.8 cm³/mol. The lowest BCUT2D eigenvalue weighted by molar-refractivity contribution is -0.118. The first-order valence-corrected chi connectivity index (χ1v) is 5.62. The molecule has 0 N–H and O–H groups in total. The molecular formula is C11H19NO3. The van der Waals surface area contributed by atoms with Gasteiger partial charge in [0.15, 0.2) is 0 Å². The van der Waals surface area contributed by atoms with Crippen molar-refractivity contribution in [3.05, 3.63) is 0 Å². The van der Waals surface area contributed by atoms with Gasteiger partial charge >= 0.3 is 0 Å². The summed E-state index contributed by atoms with van der Waals surface area (Å²) in [6, 6.07) is 0. The van der Waals surface area contributed by atoms with Crippen LogP contribution in [-0.4, -0.2) is 56.7 Å². The van der Waals surface area contributed by atoms with Gasteiger partial charge in [0, 0.05) is 26.2 Å². The highest BCUT2D eigenvalue weighted by molar-refractivity contribution is 5.60. The highest BCUT2D eigenvalue weighted by Gasteiger charge is 2.37. The standard InChI is InChI=1S/C11H19NO3/c1-10-6-12(3-5-15-10)7-11(8-13)2-4-14-9-11/h8,10H,2-7,9H2,1H3. The second-order valence-corrected chi connectivity index (χ2v) is 4.70. The van der Waals surface area contributed by atoms with Crippen LogP contribution in [0.5, 0.6) is 0 Å². The second-order valence-electron chi connectivity index (χ2n) is 4.70. The third-order valence-corrected chi connectivity index (χ3v) is 3.25. The monoisotopic (exact) mass is 213 g/mol. The van der Waals surface area contributed by atoms with E-state index < -0.39 is 0 Å². The molecule has 2 aliphatic heterocycles. The first kappa shape index (κ1) is 11.0. The molecule has 2 saturated heterocycles. The van der Waals surface area contributed by atoms with E-state index in [4.69, 9.17) is 9.47 Å². The summed E-state index contributed by atoms with van der Waals surface area (Å²) in [4.78, 5) is 13.5. The average Bonchev–Trinajstić information content (AvgIpc) is 2.67. The normalized spacial score (nSPS) is 38.1. The molecule has 2 heterocycles. The SMILES string of the molecule is CC1CN(CC2(C=O)CCOC2)CCO1. The Morgan fingerprint density at radius 3 is 3.00 bits per heavy atom. The molecule has 2 aliphatic rings. The summed E-state index contributed by atoms with van der Waals surface area (Å²) in [6.45, 7) is 6.84. The van der Waals surface area contributed by atoms with Crippen molar-refractivity contribution in [2.75, 3.05) is 39.5 Å². The minimum Gasteiger partial charge on any atom is -0.380 e. The van der Waals surface area contributed by atoms with E-state index >= 15 is 0 Å². The third kappa shape index (κ3) is 2.56. The molecule has 0 aromatic rings. The number of carbonyl (C=O) groups is 1. The molecular weight excluding hydrogens is 194 g/mol. The van der Waals surface area contributed by atoms with Gasteiger partial charge in [0.2, 0.25) is 0 Å². The van der Waals surface area contributed by atoms with Crippen LogP contribution in [0.3, 0.4) is 0 Å². The maximum atomic E-state index is 11.1. The quantitative estimate of drug-likeness (QED) is 0.633. The average molecular weight is 213 g/mol. The first-order valence-electron chi connectivity index (χ1n) is 5.62. The van der Waals surface area contributed by atoms with Crippen molar-refractivity contribution in [3.63, 3.8) is 0 Å². The Morgan fingerprint density at radius 1 is 1.53 bits per heavy atom. The van der Waals surface area contributed by atoms with Gasteiger partial charge in [-0.2, -0.15) is 0 Å². The first-order chi connectivity index (χ1) is 7.24. The molecule has 4 heteroatoms. The van der Waals surface area contributed by atoms with Gasteiger partial charge in [-0.05, 0) is 13.3 Å². The van der Waals surface area contributed by atoms with Gasteiger partial charge < -0.3 is 14.3 Å². The van der Waals surface area contributed by atoms with Crippen LogP contribution >= 0.6 is 0 Å². The smallest absolute Gasteiger partial charge is 0.129 e. The molecule has 15 heavy (non-hydrogen) atoms. The maximum Gasteiger partial charge on any atom is 0.129 e. The molecule has 0 saturated carbocycles. The number of rotatable bonds is 3. The molecule has 2 atom stereocenters. The lowest BCUT2D eigenvalue weighted by Gasteiger charge is -2.35. The number of nitrogens with zero attached hydrogens (tertiary/aromatic N) is 1. The van der Waals surface area contributed by atoms with E-state index in [-0.39, 0.29) is 11.5 Å². The van der Waals surface area contributed by atoms with Crippen LogP contribution in [0.2, 0.25) is 0 Å². The molecule has 2 rings (SSSR count). The molecule has 4 nitrogen and oxygen atoms in total. The predicted octanol–water partition coefficient (Wildman–Crippen LogP) is 0.313. The highest BCUT2D eigenvalue weighted by Crippen LogP contribution is 2.27.